The molecule has 11 heavy (non-hydrogen) atoms. The Hall–Kier alpha value is -0.630. The first-order chi connectivity index (χ1) is 5.38. The van der Waals surface area contributed by atoms with E-state index in [1.165, 1.54) is 18.9 Å². The fraction of sp³-hybridized carbons (Fsp3) is 0.667. The first-order valence-electron chi connectivity index (χ1n) is 4.16. The summed E-state index contributed by atoms with van der Waals surface area (Å²) >= 11 is 0. The Kier molecular flexibility index (Phi) is 3.30. The van der Waals surface area contributed by atoms with Crippen LogP contribution >= 0.6 is 0 Å². The second kappa shape index (κ2) is 4.29. The third-order valence-electron chi connectivity index (χ3n) is 1.84. The molecule has 0 aromatic carbocycles. The van der Waals surface area contributed by atoms with Crippen LogP contribution in [0.15, 0.2) is 12.2 Å². The lowest BCUT2D eigenvalue weighted by Crippen LogP contribution is -1.89. The third kappa shape index (κ3) is 2.85. The molecule has 0 aromatic rings. The minimum Gasteiger partial charge on any atom is -0.365 e. The van der Waals surface area contributed by atoms with Crippen LogP contribution in [0.2, 0.25) is 0 Å². The Labute approximate surface area is 67.2 Å². The summed E-state index contributed by atoms with van der Waals surface area (Å²) in [5, 5.41) is 0. The predicted molar refractivity (Wildman–Crippen MR) is 43.4 cm³/mol. The van der Waals surface area contributed by atoms with Gasteiger partial charge in [-0.3, -0.25) is 4.79 Å². The maximum absolute atomic E-state index is 9.92. The Bertz CT molecular complexity index is 152. The lowest BCUT2D eigenvalue weighted by molar-refractivity contribution is -0.104. The Morgan fingerprint density at radius 3 is 3.00 bits per heavy atom. The van der Waals surface area contributed by atoms with Crippen LogP contribution in [0.1, 0.15) is 26.2 Å². The van der Waals surface area contributed by atoms with Gasteiger partial charge in [0.2, 0.25) is 0 Å². The molecule has 62 valence electrons. The fourth-order valence-electron chi connectivity index (χ4n) is 1.12. The lowest BCUT2D eigenvalue weighted by atomic mass is 10.1. The van der Waals surface area contributed by atoms with Crippen molar-refractivity contribution in [2.45, 2.75) is 38.4 Å². The van der Waals surface area contributed by atoms with E-state index in [4.69, 9.17) is 4.74 Å². The molecule has 2 nitrogen and oxygen atoms in total. The van der Waals surface area contributed by atoms with Gasteiger partial charge in [0.1, 0.15) is 12.4 Å². The van der Waals surface area contributed by atoms with Crippen molar-refractivity contribution in [2.75, 3.05) is 0 Å². The molecule has 0 aliphatic carbocycles. The van der Waals surface area contributed by atoms with Crippen molar-refractivity contribution in [3.63, 3.8) is 0 Å². The molecule has 1 heterocycles. The first kappa shape index (κ1) is 8.47. The number of ether oxygens (including phenoxy) is 1. The number of hydrogen-bond acceptors (Lipinski definition) is 2. The molecule has 1 saturated heterocycles. The van der Waals surface area contributed by atoms with Gasteiger partial charge in [-0.05, 0) is 12.5 Å². The average molecular weight is 154 g/mol. The van der Waals surface area contributed by atoms with Crippen molar-refractivity contribution in [2.24, 2.45) is 0 Å². The number of aldehydes is 1. The van der Waals surface area contributed by atoms with Gasteiger partial charge in [0, 0.05) is 0 Å². The summed E-state index contributed by atoms with van der Waals surface area (Å²) in [6.45, 7) is 2.17. The topological polar surface area (TPSA) is 29.6 Å². The van der Waals surface area contributed by atoms with Gasteiger partial charge in [0.25, 0.3) is 0 Å². The van der Waals surface area contributed by atoms with E-state index in [2.05, 4.69) is 6.92 Å². The second-order valence-corrected chi connectivity index (χ2v) is 2.80. The molecule has 1 rings (SSSR count). The van der Waals surface area contributed by atoms with E-state index in [1.807, 2.05) is 6.08 Å². The second-order valence-electron chi connectivity index (χ2n) is 2.80. The molecule has 0 aromatic heterocycles. The summed E-state index contributed by atoms with van der Waals surface area (Å²) in [5.41, 5.74) is 0. The highest BCUT2D eigenvalue weighted by atomic mass is 16.6. The first-order valence-corrected chi connectivity index (χ1v) is 4.16. The molecule has 1 fully saturated rings. The summed E-state index contributed by atoms with van der Waals surface area (Å²) in [4.78, 5) is 9.92. The highest BCUT2D eigenvalue weighted by Crippen LogP contribution is 2.27. The number of hydrogen-bond donors (Lipinski definition) is 0. The lowest BCUT2D eigenvalue weighted by Gasteiger charge is -1.88. The number of unbranched alkanes of at least 4 members (excludes halogenated alkanes) is 1. The van der Waals surface area contributed by atoms with Crippen LogP contribution in [0.3, 0.4) is 0 Å². The van der Waals surface area contributed by atoms with Gasteiger partial charge in [-0.1, -0.05) is 25.8 Å². The molecule has 2 heteroatoms. The van der Waals surface area contributed by atoms with Crippen molar-refractivity contribution in [3.05, 3.63) is 12.2 Å². The summed E-state index contributed by atoms with van der Waals surface area (Å²) in [5.74, 6) is 0. The largest absolute Gasteiger partial charge is 0.365 e. The van der Waals surface area contributed by atoms with Crippen LogP contribution in [-0.4, -0.2) is 18.5 Å². The van der Waals surface area contributed by atoms with Crippen molar-refractivity contribution in [1.82, 2.24) is 0 Å². The molecule has 0 unspecified atom stereocenters. The van der Waals surface area contributed by atoms with E-state index in [1.54, 1.807) is 0 Å². The van der Waals surface area contributed by atoms with E-state index in [0.29, 0.717) is 6.10 Å². The van der Waals surface area contributed by atoms with E-state index < -0.39 is 0 Å². The molecule has 0 saturated carbocycles. The Balaban J connectivity index is 2.06. The Morgan fingerprint density at radius 1 is 1.55 bits per heavy atom. The van der Waals surface area contributed by atoms with Gasteiger partial charge >= 0.3 is 0 Å². The third-order valence-corrected chi connectivity index (χ3v) is 1.84. The van der Waals surface area contributed by atoms with Crippen LogP contribution in [0.25, 0.3) is 0 Å². The van der Waals surface area contributed by atoms with Gasteiger partial charge in [-0.15, -0.1) is 0 Å². The molecule has 1 aliphatic rings. The summed E-state index contributed by atoms with van der Waals surface area (Å²) in [6.07, 6.45) is 8.31. The van der Waals surface area contributed by atoms with Gasteiger partial charge in [0.05, 0.1) is 6.10 Å². The smallest absolute Gasteiger partial charge is 0.142 e. The zero-order valence-corrected chi connectivity index (χ0v) is 6.82. The number of carbonyl (C=O) groups is 1. The van der Waals surface area contributed by atoms with Crippen LogP contribution in [0.4, 0.5) is 0 Å². The molecular weight excluding hydrogens is 140 g/mol. The normalized spacial score (nSPS) is 29.2. The standard InChI is InChI=1S/C9H14O2/c1-2-3-5-8-9(11-8)6-4-7-10/h4,6-9H,2-3,5H2,1H3/b6-4+/t8-,9-/m0/s1. The van der Waals surface area contributed by atoms with Crippen LogP contribution in [0.5, 0.6) is 0 Å². The van der Waals surface area contributed by atoms with E-state index >= 15 is 0 Å². The molecule has 2 atom stereocenters. The number of epoxide rings is 1. The van der Waals surface area contributed by atoms with Gasteiger partial charge in [-0.2, -0.15) is 0 Å². The van der Waals surface area contributed by atoms with Crippen LogP contribution in [-0.2, 0) is 9.53 Å². The molecule has 0 bridgehead atoms. The highest BCUT2D eigenvalue weighted by molar-refractivity contribution is 5.64. The molecule has 0 radical (unpaired) electrons. The molecule has 0 spiro atoms. The monoisotopic (exact) mass is 154 g/mol. The number of carbonyl (C=O) groups excluding carboxylic acids is 1. The van der Waals surface area contributed by atoms with E-state index in [9.17, 15) is 4.79 Å². The van der Waals surface area contributed by atoms with Crippen LogP contribution < -0.4 is 0 Å². The van der Waals surface area contributed by atoms with Crippen molar-refractivity contribution >= 4 is 6.29 Å². The summed E-state index contributed by atoms with van der Waals surface area (Å²) in [7, 11) is 0. The van der Waals surface area contributed by atoms with Crippen molar-refractivity contribution in [1.29, 1.82) is 0 Å². The summed E-state index contributed by atoms with van der Waals surface area (Å²) in [6, 6.07) is 0. The SMILES string of the molecule is CCCC[C@@H]1O[C@H]1/C=C/C=O. The molecular formula is C9H14O2. The van der Waals surface area contributed by atoms with Crippen LogP contribution in [0, 0.1) is 0 Å². The molecule has 0 N–H and O–H groups in total. The maximum Gasteiger partial charge on any atom is 0.142 e. The van der Waals surface area contributed by atoms with Gasteiger partial charge in [0.15, 0.2) is 0 Å². The number of rotatable bonds is 5. The quantitative estimate of drug-likeness (QED) is 0.342. The van der Waals surface area contributed by atoms with E-state index in [0.717, 1.165) is 12.7 Å². The van der Waals surface area contributed by atoms with Gasteiger partial charge < -0.3 is 4.74 Å². The zero-order valence-electron chi connectivity index (χ0n) is 6.82. The summed E-state index contributed by atoms with van der Waals surface area (Å²) < 4.78 is 5.28. The minimum atomic E-state index is 0.228. The minimum absolute atomic E-state index is 0.228. The highest BCUT2D eigenvalue weighted by Gasteiger charge is 2.35. The fourth-order valence-corrected chi connectivity index (χ4v) is 1.12. The average Bonchev–Trinajstić information content (AvgIpc) is 2.76. The maximum atomic E-state index is 9.92. The van der Waals surface area contributed by atoms with Crippen molar-refractivity contribution < 1.29 is 9.53 Å². The van der Waals surface area contributed by atoms with E-state index in [-0.39, 0.29) is 6.10 Å². The molecule has 1 aliphatic heterocycles. The zero-order chi connectivity index (χ0) is 8.10. The number of allylic oxidation sites excluding steroid dienone is 1. The molecule has 0 amide bonds. The van der Waals surface area contributed by atoms with Gasteiger partial charge in [-0.25, -0.2) is 0 Å². The predicted octanol–water partition coefficient (Wildman–Crippen LogP) is 1.70. The van der Waals surface area contributed by atoms with Crippen molar-refractivity contribution in [3.8, 4) is 0 Å². The Morgan fingerprint density at radius 2 is 2.36 bits per heavy atom.